The Kier molecular flexibility index (Phi) is 4.90. The Morgan fingerprint density at radius 2 is 1.70 bits per heavy atom. The third kappa shape index (κ3) is 3.45. The number of carbonyl (C=O) groups is 3. The highest BCUT2D eigenvalue weighted by Crippen LogP contribution is 2.35. The summed E-state index contributed by atoms with van der Waals surface area (Å²) < 4.78 is 0. The summed E-state index contributed by atoms with van der Waals surface area (Å²) in [5, 5.41) is 4.96. The van der Waals surface area contributed by atoms with E-state index in [0.29, 0.717) is 12.8 Å². The van der Waals surface area contributed by atoms with Crippen LogP contribution in [0.5, 0.6) is 0 Å². The largest absolute Gasteiger partial charge is 0.343 e. The lowest BCUT2D eigenvalue weighted by molar-refractivity contribution is -0.143. The normalized spacial score (nSPS) is 22.6. The molecule has 138 valence electrons. The molecule has 1 aliphatic carbocycles. The van der Waals surface area contributed by atoms with Gasteiger partial charge in [-0.25, -0.2) is 0 Å². The number of allylic oxidation sites excluding steroid dienone is 2. The van der Waals surface area contributed by atoms with Gasteiger partial charge >= 0.3 is 0 Å². The fourth-order valence-electron chi connectivity index (χ4n) is 3.79. The number of rotatable bonds is 5. The number of fused-ring (bicyclic) bond motifs is 1. The topological polar surface area (TPSA) is 66.5 Å². The number of likely N-dealkylation sites (tertiary alicyclic amines) is 1. The van der Waals surface area contributed by atoms with Crippen LogP contribution in [0.25, 0.3) is 0 Å². The zero-order valence-electron chi connectivity index (χ0n) is 14.7. The predicted octanol–water partition coefficient (Wildman–Crippen LogP) is 2.90. The lowest BCUT2D eigenvalue weighted by Gasteiger charge is -2.20. The first-order chi connectivity index (χ1) is 13.1. The van der Waals surface area contributed by atoms with Crippen molar-refractivity contribution in [3.8, 4) is 0 Å². The van der Waals surface area contributed by atoms with E-state index in [1.54, 1.807) is 11.3 Å². The van der Waals surface area contributed by atoms with Crippen LogP contribution in [0.15, 0.2) is 60.0 Å². The first-order valence-corrected chi connectivity index (χ1v) is 9.91. The fraction of sp³-hybridized carbons (Fsp3) is 0.286. The Balaban J connectivity index is 1.49. The minimum absolute atomic E-state index is 0.223. The van der Waals surface area contributed by atoms with Crippen LogP contribution in [0, 0.1) is 11.8 Å². The Morgan fingerprint density at radius 3 is 2.30 bits per heavy atom. The van der Waals surface area contributed by atoms with E-state index in [2.05, 4.69) is 5.32 Å². The molecule has 5 nitrogen and oxygen atoms in total. The van der Waals surface area contributed by atoms with Crippen LogP contribution < -0.4 is 5.32 Å². The van der Waals surface area contributed by atoms with Crippen molar-refractivity contribution in [2.75, 3.05) is 6.54 Å². The average molecular weight is 380 g/mol. The van der Waals surface area contributed by atoms with Gasteiger partial charge in [-0.15, -0.1) is 11.3 Å². The Morgan fingerprint density at radius 1 is 1.04 bits per heavy atom. The molecule has 0 saturated carbocycles. The van der Waals surface area contributed by atoms with E-state index in [1.807, 2.05) is 60.0 Å². The van der Waals surface area contributed by atoms with Crippen LogP contribution >= 0.6 is 11.3 Å². The van der Waals surface area contributed by atoms with E-state index in [9.17, 15) is 14.4 Å². The third-order valence-electron chi connectivity index (χ3n) is 5.17. The second-order valence-corrected chi connectivity index (χ2v) is 7.82. The highest BCUT2D eigenvalue weighted by molar-refractivity contribution is 7.10. The van der Waals surface area contributed by atoms with Crippen LogP contribution in [0.3, 0.4) is 0 Å². The molecule has 0 radical (unpaired) electrons. The highest BCUT2D eigenvalue weighted by atomic mass is 32.1. The Labute approximate surface area is 161 Å². The molecule has 1 saturated heterocycles. The van der Waals surface area contributed by atoms with Gasteiger partial charge in [-0.3, -0.25) is 19.3 Å². The molecular formula is C21H20N2O3S. The van der Waals surface area contributed by atoms with Crippen molar-refractivity contribution >= 4 is 29.1 Å². The molecule has 1 aromatic carbocycles. The summed E-state index contributed by atoms with van der Waals surface area (Å²) >= 11 is 1.56. The van der Waals surface area contributed by atoms with Gasteiger partial charge in [0.1, 0.15) is 6.54 Å². The van der Waals surface area contributed by atoms with E-state index in [0.717, 1.165) is 15.3 Å². The van der Waals surface area contributed by atoms with Gasteiger partial charge in [0.25, 0.3) is 0 Å². The fourth-order valence-corrected chi connectivity index (χ4v) is 4.60. The van der Waals surface area contributed by atoms with E-state index < -0.39 is 0 Å². The van der Waals surface area contributed by atoms with Crippen LogP contribution in [0.2, 0.25) is 0 Å². The lowest BCUT2D eigenvalue weighted by atomic mass is 9.85. The number of hydrogen-bond donors (Lipinski definition) is 1. The summed E-state index contributed by atoms with van der Waals surface area (Å²) in [5.41, 5.74) is 0.963. The van der Waals surface area contributed by atoms with Crippen LogP contribution in [0.1, 0.15) is 29.3 Å². The molecule has 1 aromatic heterocycles. The maximum absolute atomic E-state index is 12.7. The van der Waals surface area contributed by atoms with Gasteiger partial charge in [0.05, 0.1) is 17.9 Å². The number of nitrogens with one attached hydrogen (secondary N) is 1. The Hall–Kier alpha value is -2.73. The molecule has 27 heavy (non-hydrogen) atoms. The number of nitrogens with zero attached hydrogens (tertiary/aromatic N) is 1. The number of amides is 3. The zero-order chi connectivity index (χ0) is 18.8. The van der Waals surface area contributed by atoms with Gasteiger partial charge in [0, 0.05) is 4.88 Å². The summed E-state index contributed by atoms with van der Waals surface area (Å²) in [7, 11) is 0. The van der Waals surface area contributed by atoms with Crippen molar-refractivity contribution < 1.29 is 14.4 Å². The number of carbonyl (C=O) groups excluding carboxylic acids is 3. The molecule has 0 bridgehead atoms. The SMILES string of the molecule is O=C(CN1C(=O)[C@H]2CC=CC[C@@H]2C1=O)N[C@@H](c1ccccc1)c1cccs1. The minimum atomic E-state index is -0.328. The van der Waals surface area contributed by atoms with Crippen molar-refractivity contribution in [2.45, 2.75) is 18.9 Å². The second kappa shape index (κ2) is 7.48. The molecule has 6 heteroatoms. The lowest BCUT2D eigenvalue weighted by Crippen LogP contribution is -2.42. The van der Waals surface area contributed by atoms with Gasteiger partial charge in [0.15, 0.2) is 0 Å². The molecule has 1 N–H and O–H groups in total. The number of thiophene rings is 1. The Bertz CT molecular complexity index is 850. The molecule has 1 aliphatic heterocycles. The summed E-state index contributed by atoms with van der Waals surface area (Å²) in [4.78, 5) is 40.0. The smallest absolute Gasteiger partial charge is 0.240 e. The quantitative estimate of drug-likeness (QED) is 0.641. The molecule has 2 heterocycles. The van der Waals surface area contributed by atoms with E-state index >= 15 is 0 Å². The van der Waals surface area contributed by atoms with Gasteiger partial charge in [-0.05, 0) is 29.9 Å². The van der Waals surface area contributed by atoms with E-state index in [4.69, 9.17) is 0 Å². The van der Waals surface area contributed by atoms with Crippen LogP contribution in [-0.2, 0) is 14.4 Å². The van der Waals surface area contributed by atoms with Gasteiger partial charge < -0.3 is 5.32 Å². The average Bonchev–Trinajstić information content (AvgIpc) is 3.31. The van der Waals surface area contributed by atoms with E-state index in [1.165, 1.54) is 0 Å². The number of benzene rings is 1. The summed E-state index contributed by atoms with van der Waals surface area (Å²) in [6, 6.07) is 13.3. The van der Waals surface area contributed by atoms with E-state index in [-0.39, 0.29) is 42.1 Å². The molecule has 0 spiro atoms. The summed E-state index contributed by atoms with van der Waals surface area (Å²) in [6.45, 7) is -0.223. The van der Waals surface area contributed by atoms with Crippen molar-refractivity contribution in [3.63, 3.8) is 0 Å². The monoisotopic (exact) mass is 380 g/mol. The molecule has 2 aromatic rings. The zero-order valence-corrected chi connectivity index (χ0v) is 15.5. The molecule has 3 amide bonds. The third-order valence-corrected chi connectivity index (χ3v) is 6.10. The first-order valence-electron chi connectivity index (χ1n) is 9.03. The molecule has 2 aliphatic rings. The first kappa shape index (κ1) is 17.7. The maximum atomic E-state index is 12.7. The van der Waals surface area contributed by atoms with Crippen LogP contribution in [0.4, 0.5) is 0 Å². The second-order valence-electron chi connectivity index (χ2n) is 6.85. The predicted molar refractivity (Wildman–Crippen MR) is 103 cm³/mol. The molecule has 1 fully saturated rings. The van der Waals surface area contributed by atoms with Gasteiger partial charge in [-0.1, -0.05) is 48.6 Å². The summed E-state index contributed by atoms with van der Waals surface area (Å²) in [6.07, 6.45) is 5.04. The van der Waals surface area contributed by atoms with Crippen molar-refractivity contribution in [1.82, 2.24) is 10.2 Å². The highest BCUT2D eigenvalue weighted by Gasteiger charge is 2.47. The van der Waals surface area contributed by atoms with Crippen molar-refractivity contribution in [3.05, 3.63) is 70.4 Å². The minimum Gasteiger partial charge on any atom is -0.343 e. The molecular weight excluding hydrogens is 360 g/mol. The van der Waals surface area contributed by atoms with Crippen molar-refractivity contribution in [1.29, 1.82) is 0 Å². The number of imide groups is 1. The molecule has 3 atom stereocenters. The summed E-state index contributed by atoms with van der Waals surface area (Å²) in [5.74, 6) is -1.39. The maximum Gasteiger partial charge on any atom is 0.240 e. The molecule has 4 rings (SSSR count). The standard InChI is InChI=1S/C21H20N2O3S/c24-18(13-23-20(25)15-9-4-5-10-16(15)21(23)26)22-19(17-11-6-12-27-17)14-7-2-1-3-8-14/h1-8,11-12,15-16,19H,9-10,13H2,(H,22,24)/t15-,16-,19-/m0/s1. The van der Waals surface area contributed by atoms with Crippen molar-refractivity contribution in [2.24, 2.45) is 11.8 Å². The van der Waals surface area contributed by atoms with Gasteiger partial charge in [0.2, 0.25) is 17.7 Å². The van der Waals surface area contributed by atoms with Crippen LogP contribution in [-0.4, -0.2) is 29.2 Å². The van der Waals surface area contributed by atoms with Gasteiger partial charge in [-0.2, -0.15) is 0 Å². The molecule has 0 unspecified atom stereocenters. The number of hydrogen-bond acceptors (Lipinski definition) is 4.